The molecule has 0 spiro atoms. The van der Waals surface area contributed by atoms with E-state index in [1.807, 2.05) is 12.1 Å². The van der Waals surface area contributed by atoms with Gasteiger partial charge in [-0.3, -0.25) is 9.59 Å². The predicted octanol–water partition coefficient (Wildman–Crippen LogP) is 1.26. The van der Waals surface area contributed by atoms with Gasteiger partial charge in [-0.05, 0) is 17.7 Å². The number of rotatable bonds is 2. The van der Waals surface area contributed by atoms with Crippen molar-refractivity contribution in [3.8, 4) is 11.5 Å². The molecule has 7 heteroatoms. The van der Waals surface area contributed by atoms with Gasteiger partial charge in [0.2, 0.25) is 6.79 Å². The maximum Gasteiger partial charge on any atom is 0.231 e. The van der Waals surface area contributed by atoms with Gasteiger partial charge < -0.3 is 9.47 Å². The zero-order valence-corrected chi connectivity index (χ0v) is 11.6. The second-order valence-electron chi connectivity index (χ2n) is 5.43. The minimum atomic E-state index is -0.513. The molecule has 2 atom stereocenters. The van der Waals surface area contributed by atoms with Crippen LogP contribution in [-0.4, -0.2) is 33.1 Å². The van der Waals surface area contributed by atoms with Gasteiger partial charge in [0.05, 0.1) is 6.42 Å². The highest BCUT2D eigenvalue weighted by molar-refractivity contribution is 6.04. The Hall–Kier alpha value is -2.70. The molecule has 0 N–H and O–H groups in total. The lowest BCUT2D eigenvalue weighted by Crippen LogP contribution is -2.34. The average Bonchev–Trinajstić information content (AvgIpc) is 3.16. The van der Waals surface area contributed by atoms with Crippen molar-refractivity contribution in [3.05, 3.63) is 36.4 Å². The summed E-state index contributed by atoms with van der Waals surface area (Å²) in [4.78, 5) is 28.1. The summed E-state index contributed by atoms with van der Waals surface area (Å²) >= 11 is 0. The zero-order chi connectivity index (χ0) is 15.1. The first-order chi connectivity index (χ1) is 10.7. The average molecular weight is 299 g/mol. The maximum absolute atomic E-state index is 12.4. The highest BCUT2D eigenvalue weighted by Gasteiger charge is 2.39. The summed E-state index contributed by atoms with van der Waals surface area (Å²) in [6.45, 7) is 0.188. The van der Waals surface area contributed by atoms with E-state index >= 15 is 0 Å². The molecule has 0 saturated heterocycles. The normalized spacial score (nSPS) is 23.8. The van der Waals surface area contributed by atoms with E-state index < -0.39 is 6.04 Å². The van der Waals surface area contributed by atoms with Gasteiger partial charge in [-0.1, -0.05) is 6.07 Å². The van der Waals surface area contributed by atoms with E-state index in [1.54, 1.807) is 6.07 Å². The van der Waals surface area contributed by atoms with Crippen molar-refractivity contribution in [1.82, 2.24) is 14.8 Å². The molecule has 22 heavy (non-hydrogen) atoms. The van der Waals surface area contributed by atoms with Crippen molar-refractivity contribution in [2.75, 3.05) is 6.79 Å². The summed E-state index contributed by atoms with van der Waals surface area (Å²) in [6, 6.07) is 5.00. The quantitative estimate of drug-likeness (QED) is 0.776. The van der Waals surface area contributed by atoms with Crippen LogP contribution >= 0.6 is 0 Å². The number of benzene rings is 1. The van der Waals surface area contributed by atoms with E-state index in [1.165, 1.54) is 17.3 Å². The first-order valence-corrected chi connectivity index (χ1v) is 7.00. The number of carbonyl (C=O) groups excluding carboxylic acids is 2. The molecule has 0 amide bonds. The summed E-state index contributed by atoms with van der Waals surface area (Å²) in [5.74, 6) is 0.855. The van der Waals surface area contributed by atoms with E-state index in [4.69, 9.17) is 9.47 Å². The van der Waals surface area contributed by atoms with Crippen molar-refractivity contribution >= 4 is 11.6 Å². The van der Waals surface area contributed by atoms with Gasteiger partial charge in [0.25, 0.3) is 0 Å². The third-order valence-corrected chi connectivity index (χ3v) is 4.08. The molecule has 0 bridgehead atoms. The highest BCUT2D eigenvalue weighted by atomic mass is 16.7. The summed E-state index contributed by atoms with van der Waals surface area (Å²) < 4.78 is 12.2. The minimum absolute atomic E-state index is 0.0500. The number of aromatic nitrogens is 3. The van der Waals surface area contributed by atoms with E-state index in [0.29, 0.717) is 17.9 Å². The number of Topliss-reactive ketones (excluding diaryl/α,β-unsaturated/α-hetero) is 2. The molecule has 2 aromatic rings. The molecule has 1 aromatic carbocycles. The van der Waals surface area contributed by atoms with Gasteiger partial charge in [0.1, 0.15) is 24.5 Å². The van der Waals surface area contributed by atoms with Gasteiger partial charge in [0.15, 0.2) is 17.3 Å². The Morgan fingerprint density at radius 3 is 2.86 bits per heavy atom. The molecule has 2 aliphatic rings. The molecule has 1 aliphatic heterocycles. The highest BCUT2D eigenvalue weighted by Crippen LogP contribution is 2.41. The van der Waals surface area contributed by atoms with Gasteiger partial charge in [-0.2, -0.15) is 5.10 Å². The lowest BCUT2D eigenvalue weighted by molar-refractivity contribution is -0.133. The zero-order valence-electron chi connectivity index (χ0n) is 11.6. The van der Waals surface area contributed by atoms with Crippen molar-refractivity contribution in [3.63, 3.8) is 0 Å². The van der Waals surface area contributed by atoms with Crippen molar-refractivity contribution in [1.29, 1.82) is 0 Å². The van der Waals surface area contributed by atoms with E-state index in [0.717, 1.165) is 5.56 Å². The van der Waals surface area contributed by atoms with Gasteiger partial charge in [0, 0.05) is 12.3 Å². The topological polar surface area (TPSA) is 83.3 Å². The van der Waals surface area contributed by atoms with Crippen LogP contribution in [0.25, 0.3) is 0 Å². The van der Waals surface area contributed by atoms with Crippen LogP contribution in [0.3, 0.4) is 0 Å². The second kappa shape index (κ2) is 4.94. The Balaban J connectivity index is 1.76. The van der Waals surface area contributed by atoms with Crippen LogP contribution in [0.1, 0.15) is 30.4 Å². The fraction of sp³-hybridized carbons (Fsp3) is 0.333. The van der Waals surface area contributed by atoms with Crippen molar-refractivity contribution < 1.29 is 19.1 Å². The first kappa shape index (κ1) is 13.0. The fourth-order valence-electron chi connectivity index (χ4n) is 3.09. The van der Waals surface area contributed by atoms with Gasteiger partial charge >= 0.3 is 0 Å². The number of hydrogen-bond donors (Lipinski definition) is 0. The minimum Gasteiger partial charge on any atom is -0.454 e. The Morgan fingerprint density at radius 2 is 2.05 bits per heavy atom. The predicted molar refractivity (Wildman–Crippen MR) is 73.6 cm³/mol. The molecular formula is C15H13N3O4. The van der Waals surface area contributed by atoms with Crippen LogP contribution in [0, 0.1) is 0 Å². The molecule has 0 radical (unpaired) electrons. The molecule has 112 valence electrons. The van der Waals surface area contributed by atoms with Crippen LogP contribution < -0.4 is 9.47 Å². The molecule has 1 aliphatic carbocycles. The maximum atomic E-state index is 12.4. The molecule has 1 saturated carbocycles. The van der Waals surface area contributed by atoms with Crippen molar-refractivity contribution in [2.45, 2.75) is 24.8 Å². The monoisotopic (exact) mass is 299 g/mol. The standard InChI is InChI=1S/C15H13N3O4/c19-10-4-11(9-1-2-13-14(3-9)22-8-21-13)15(12(20)5-10)18-7-16-6-17-18/h1-3,6-7,11,15H,4-5,8H2. The molecule has 1 aromatic heterocycles. The second-order valence-corrected chi connectivity index (χ2v) is 5.43. The van der Waals surface area contributed by atoms with E-state index in [9.17, 15) is 9.59 Å². The first-order valence-electron chi connectivity index (χ1n) is 7.00. The number of hydrogen-bond acceptors (Lipinski definition) is 6. The summed E-state index contributed by atoms with van der Waals surface area (Å²) in [5, 5.41) is 4.08. The number of nitrogens with zero attached hydrogens (tertiary/aromatic N) is 3. The molecule has 2 heterocycles. The largest absolute Gasteiger partial charge is 0.454 e. The Morgan fingerprint density at radius 1 is 1.18 bits per heavy atom. The Kier molecular flexibility index (Phi) is 2.92. The molecule has 2 unspecified atom stereocenters. The van der Waals surface area contributed by atoms with Crippen LogP contribution in [0.15, 0.2) is 30.9 Å². The SMILES string of the molecule is O=C1CC(=O)C(n2cncn2)C(c2ccc3c(c2)OCO3)C1. The van der Waals surface area contributed by atoms with Gasteiger partial charge in [-0.25, -0.2) is 9.67 Å². The third kappa shape index (κ3) is 2.05. The van der Waals surface area contributed by atoms with Crippen molar-refractivity contribution in [2.24, 2.45) is 0 Å². The summed E-state index contributed by atoms with van der Waals surface area (Å²) in [7, 11) is 0. The number of carbonyl (C=O) groups is 2. The molecular weight excluding hydrogens is 286 g/mol. The van der Waals surface area contributed by atoms with E-state index in [-0.39, 0.29) is 30.7 Å². The van der Waals surface area contributed by atoms with Crippen LogP contribution in [-0.2, 0) is 9.59 Å². The Labute approximate surface area is 125 Å². The number of fused-ring (bicyclic) bond motifs is 1. The molecule has 7 nitrogen and oxygen atoms in total. The van der Waals surface area contributed by atoms with Crippen LogP contribution in [0.4, 0.5) is 0 Å². The number of ether oxygens (including phenoxy) is 2. The summed E-state index contributed by atoms with van der Waals surface area (Å²) in [6.07, 6.45) is 3.15. The van der Waals surface area contributed by atoms with Crippen LogP contribution in [0.2, 0.25) is 0 Å². The smallest absolute Gasteiger partial charge is 0.231 e. The lowest BCUT2D eigenvalue weighted by atomic mass is 9.78. The fourth-order valence-corrected chi connectivity index (χ4v) is 3.09. The lowest BCUT2D eigenvalue weighted by Gasteiger charge is -2.29. The van der Waals surface area contributed by atoms with Crippen LogP contribution in [0.5, 0.6) is 11.5 Å². The Bertz CT molecular complexity index is 741. The van der Waals surface area contributed by atoms with E-state index in [2.05, 4.69) is 10.1 Å². The third-order valence-electron chi connectivity index (χ3n) is 4.08. The van der Waals surface area contributed by atoms with Gasteiger partial charge in [-0.15, -0.1) is 0 Å². The summed E-state index contributed by atoms with van der Waals surface area (Å²) in [5.41, 5.74) is 0.867. The molecule has 4 rings (SSSR count). The number of ketones is 2. The molecule has 1 fully saturated rings.